The van der Waals surface area contributed by atoms with Crippen LogP contribution in [0.2, 0.25) is 0 Å². The van der Waals surface area contributed by atoms with Crippen LogP contribution in [0.1, 0.15) is 37.3 Å². The zero-order valence-electron chi connectivity index (χ0n) is 13.0. The smallest absolute Gasteiger partial charge is 0.180 e. The molecule has 1 N–H and O–H groups in total. The van der Waals surface area contributed by atoms with Crippen molar-refractivity contribution in [1.29, 1.82) is 0 Å². The van der Waals surface area contributed by atoms with Gasteiger partial charge in [0.15, 0.2) is 5.65 Å². The number of rotatable bonds is 5. The van der Waals surface area contributed by atoms with Crippen molar-refractivity contribution in [2.24, 2.45) is 5.92 Å². The summed E-state index contributed by atoms with van der Waals surface area (Å²) in [5, 5.41) is 3.61. The first-order valence-electron chi connectivity index (χ1n) is 8.28. The van der Waals surface area contributed by atoms with Gasteiger partial charge in [-0.25, -0.2) is 9.97 Å². The van der Waals surface area contributed by atoms with Gasteiger partial charge < -0.3 is 5.32 Å². The van der Waals surface area contributed by atoms with Crippen LogP contribution in [-0.4, -0.2) is 15.0 Å². The van der Waals surface area contributed by atoms with Crippen molar-refractivity contribution < 1.29 is 0 Å². The number of pyridine rings is 1. The first-order valence-corrected chi connectivity index (χ1v) is 8.28. The SMILES string of the molecule is c1ccc(C(CC2CCC2)Nc2ccc3nccnc3n2)cc1. The van der Waals surface area contributed by atoms with E-state index in [1.807, 2.05) is 12.1 Å². The molecule has 1 saturated carbocycles. The van der Waals surface area contributed by atoms with E-state index < -0.39 is 0 Å². The van der Waals surface area contributed by atoms with Crippen LogP contribution in [0.25, 0.3) is 11.2 Å². The molecule has 1 aliphatic rings. The summed E-state index contributed by atoms with van der Waals surface area (Å²) in [6.45, 7) is 0. The van der Waals surface area contributed by atoms with Crippen molar-refractivity contribution in [3.63, 3.8) is 0 Å². The second kappa shape index (κ2) is 6.32. The van der Waals surface area contributed by atoms with Gasteiger partial charge in [0.25, 0.3) is 0 Å². The minimum atomic E-state index is 0.295. The number of nitrogens with zero attached hydrogens (tertiary/aromatic N) is 3. The molecule has 4 heteroatoms. The topological polar surface area (TPSA) is 50.7 Å². The predicted molar refractivity (Wildman–Crippen MR) is 92.1 cm³/mol. The van der Waals surface area contributed by atoms with Gasteiger partial charge in [-0.1, -0.05) is 49.6 Å². The van der Waals surface area contributed by atoms with Crippen LogP contribution in [0, 0.1) is 5.92 Å². The molecule has 1 unspecified atom stereocenters. The molecule has 3 aromatic rings. The standard InChI is InChI=1S/C19H20N4/c1-2-7-15(8-3-1)17(13-14-5-4-6-14)22-18-10-9-16-19(23-18)21-12-11-20-16/h1-3,7-12,14,17H,4-6,13H2,(H,21,22,23). The Labute approximate surface area is 136 Å². The second-order valence-electron chi connectivity index (χ2n) is 6.24. The Balaban J connectivity index is 1.60. The lowest BCUT2D eigenvalue weighted by Gasteiger charge is -2.30. The van der Waals surface area contributed by atoms with Crippen LogP contribution in [0.5, 0.6) is 0 Å². The molecule has 1 atom stereocenters. The highest BCUT2D eigenvalue weighted by Crippen LogP contribution is 2.36. The quantitative estimate of drug-likeness (QED) is 0.760. The number of anilines is 1. The van der Waals surface area contributed by atoms with Crippen molar-refractivity contribution in [1.82, 2.24) is 15.0 Å². The number of hydrogen-bond acceptors (Lipinski definition) is 4. The Morgan fingerprint density at radius 2 is 1.83 bits per heavy atom. The van der Waals surface area contributed by atoms with Gasteiger partial charge in [0.05, 0.1) is 6.04 Å². The molecule has 2 heterocycles. The van der Waals surface area contributed by atoms with Crippen LogP contribution < -0.4 is 5.32 Å². The molecule has 0 spiro atoms. The normalized spacial score (nSPS) is 16.0. The van der Waals surface area contributed by atoms with E-state index in [4.69, 9.17) is 0 Å². The van der Waals surface area contributed by atoms with Gasteiger partial charge in [0, 0.05) is 12.4 Å². The summed E-state index contributed by atoms with van der Waals surface area (Å²) in [7, 11) is 0. The third-order valence-electron chi connectivity index (χ3n) is 4.65. The fourth-order valence-corrected chi connectivity index (χ4v) is 3.14. The van der Waals surface area contributed by atoms with Crippen molar-refractivity contribution in [3.8, 4) is 0 Å². The van der Waals surface area contributed by atoms with Gasteiger partial charge >= 0.3 is 0 Å². The molecule has 0 amide bonds. The van der Waals surface area contributed by atoms with Gasteiger partial charge in [0.1, 0.15) is 11.3 Å². The molecule has 0 saturated heterocycles. The van der Waals surface area contributed by atoms with Gasteiger partial charge in [0.2, 0.25) is 0 Å². The van der Waals surface area contributed by atoms with Crippen LogP contribution in [0.4, 0.5) is 5.82 Å². The first kappa shape index (κ1) is 14.1. The van der Waals surface area contributed by atoms with E-state index in [2.05, 4.69) is 50.6 Å². The third-order valence-corrected chi connectivity index (χ3v) is 4.65. The summed E-state index contributed by atoms with van der Waals surface area (Å²) in [6.07, 6.45) is 8.60. The molecular formula is C19H20N4. The van der Waals surface area contributed by atoms with Crippen LogP contribution in [-0.2, 0) is 0 Å². The van der Waals surface area contributed by atoms with Crippen molar-refractivity contribution in [3.05, 3.63) is 60.4 Å². The molecule has 1 fully saturated rings. The van der Waals surface area contributed by atoms with E-state index in [-0.39, 0.29) is 0 Å². The highest BCUT2D eigenvalue weighted by atomic mass is 15.0. The molecule has 1 aromatic carbocycles. The van der Waals surface area contributed by atoms with E-state index in [9.17, 15) is 0 Å². The maximum Gasteiger partial charge on any atom is 0.180 e. The Morgan fingerprint density at radius 1 is 1.00 bits per heavy atom. The Hall–Kier alpha value is -2.49. The molecule has 1 aliphatic carbocycles. The molecule has 2 aromatic heterocycles. The number of nitrogens with one attached hydrogen (secondary N) is 1. The zero-order valence-corrected chi connectivity index (χ0v) is 13.0. The lowest BCUT2D eigenvalue weighted by atomic mass is 9.79. The first-order chi connectivity index (χ1) is 11.4. The second-order valence-corrected chi connectivity index (χ2v) is 6.24. The Kier molecular flexibility index (Phi) is 3.88. The largest absolute Gasteiger partial charge is 0.363 e. The van der Waals surface area contributed by atoms with Gasteiger partial charge in [-0.3, -0.25) is 4.98 Å². The molecule has 0 bridgehead atoms. The molecule has 4 rings (SSSR count). The lowest BCUT2D eigenvalue weighted by molar-refractivity contribution is 0.282. The highest BCUT2D eigenvalue weighted by molar-refractivity contribution is 5.71. The maximum atomic E-state index is 4.61. The summed E-state index contributed by atoms with van der Waals surface area (Å²) in [5.74, 6) is 1.69. The summed E-state index contributed by atoms with van der Waals surface area (Å²) in [6, 6.07) is 14.9. The minimum Gasteiger partial charge on any atom is -0.363 e. The third kappa shape index (κ3) is 3.16. The molecule has 23 heavy (non-hydrogen) atoms. The average molecular weight is 304 g/mol. The molecule has 0 radical (unpaired) electrons. The summed E-state index contributed by atoms with van der Waals surface area (Å²) < 4.78 is 0. The highest BCUT2D eigenvalue weighted by Gasteiger charge is 2.23. The molecule has 116 valence electrons. The van der Waals surface area contributed by atoms with Crippen LogP contribution >= 0.6 is 0 Å². The zero-order chi connectivity index (χ0) is 15.5. The lowest BCUT2D eigenvalue weighted by Crippen LogP contribution is -2.20. The van der Waals surface area contributed by atoms with E-state index in [0.29, 0.717) is 11.7 Å². The molecular weight excluding hydrogens is 284 g/mol. The Morgan fingerprint density at radius 3 is 2.61 bits per heavy atom. The van der Waals surface area contributed by atoms with Crippen molar-refractivity contribution in [2.75, 3.05) is 5.32 Å². The van der Waals surface area contributed by atoms with Crippen LogP contribution in [0.15, 0.2) is 54.9 Å². The van der Waals surface area contributed by atoms with E-state index in [1.54, 1.807) is 12.4 Å². The van der Waals surface area contributed by atoms with Crippen molar-refractivity contribution >= 4 is 17.0 Å². The Bertz CT molecular complexity index is 783. The van der Waals surface area contributed by atoms with Gasteiger partial charge in [-0.15, -0.1) is 0 Å². The average Bonchev–Trinajstić information content (AvgIpc) is 2.57. The van der Waals surface area contributed by atoms with E-state index in [0.717, 1.165) is 23.7 Å². The molecule has 0 aliphatic heterocycles. The van der Waals surface area contributed by atoms with Crippen molar-refractivity contribution in [2.45, 2.75) is 31.7 Å². The minimum absolute atomic E-state index is 0.295. The number of hydrogen-bond donors (Lipinski definition) is 1. The predicted octanol–water partition coefficient (Wildman–Crippen LogP) is 4.37. The maximum absolute atomic E-state index is 4.61. The van der Waals surface area contributed by atoms with E-state index in [1.165, 1.54) is 24.8 Å². The van der Waals surface area contributed by atoms with E-state index >= 15 is 0 Å². The summed E-state index contributed by atoms with van der Waals surface area (Å²) >= 11 is 0. The fourth-order valence-electron chi connectivity index (χ4n) is 3.14. The summed E-state index contributed by atoms with van der Waals surface area (Å²) in [4.78, 5) is 13.2. The monoisotopic (exact) mass is 304 g/mol. The van der Waals surface area contributed by atoms with Gasteiger partial charge in [-0.2, -0.15) is 0 Å². The fraction of sp³-hybridized carbons (Fsp3) is 0.316. The van der Waals surface area contributed by atoms with Crippen LogP contribution in [0.3, 0.4) is 0 Å². The number of benzene rings is 1. The number of aromatic nitrogens is 3. The van der Waals surface area contributed by atoms with Gasteiger partial charge in [-0.05, 0) is 30.0 Å². The summed E-state index contributed by atoms with van der Waals surface area (Å²) in [5.41, 5.74) is 2.83. The molecule has 4 nitrogen and oxygen atoms in total. The number of fused-ring (bicyclic) bond motifs is 1.